The standard InChI is InChI=1S/C17H21F3N4O2/c18-17(19,20)12-22-4-6-23(7-5-22)16(26)14-8-15(25)24(11-14)10-13-2-1-3-21-9-13/h1-3,9,14H,4-8,10-12H2/t14-/m1/s1. The highest BCUT2D eigenvalue weighted by molar-refractivity contribution is 5.89. The summed E-state index contributed by atoms with van der Waals surface area (Å²) >= 11 is 0. The fraction of sp³-hybridized carbons (Fsp3) is 0.588. The van der Waals surface area contributed by atoms with Gasteiger partial charge >= 0.3 is 6.18 Å². The molecule has 3 rings (SSSR count). The van der Waals surface area contributed by atoms with Crippen molar-refractivity contribution < 1.29 is 22.8 Å². The molecule has 3 heterocycles. The fourth-order valence-electron chi connectivity index (χ4n) is 3.44. The SMILES string of the molecule is O=C1C[C@@H](C(=O)N2CCN(CC(F)(F)F)CC2)CN1Cc1cccnc1. The van der Waals surface area contributed by atoms with Crippen LogP contribution >= 0.6 is 0 Å². The van der Waals surface area contributed by atoms with Crippen LogP contribution < -0.4 is 0 Å². The zero-order valence-corrected chi connectivity index (χ0v) is 14.3. The molecule has 0 aromatic carbocycles. The average molecular weight is 370 g/mol. The van der Waals surface area contributed by atoms with E-state index in [1.54, 1.807) is 28.3 Å². The minimum atomic E-state index is -4.23. The third kappa shape index (κ3) is 4.72. The predicted molar refractivity (Wildman–Crippen MR) is 86.8 cm³/mol. The number of carbonyl (C=O) groups is 2. The van der Waals surface area contributed by atoms with Crippen molar-refractivity contribution in [2.24, 2.45) is 5.92 Å². The third-order valence-corrected chi connectivity index (χ3v) is 4.75. The number of nitrogens with zero attached hydrogens (tertiary/aromatic N) is 4. The topological polar surface area (TPSA) is 56.8 Å². The molecule has 2 aliphatic rings. The first-order valence-electron chi connectivity index (χ1n) is 8.56. The number of aromatic nitrogens is 1. The Bertz CT molecular complexity index is 645. The summed E-state index contributed by atoms with van der Waals surface area (Å²) in [5.74, 6) is -0.644. The summed E-state index contributed by atoms with van der Waals surface area (Å²) in [6.07, 6.45) is -0.735. The van der Waals surface area contributed by atoms with Gasteiger partial charge in [-0.3, -0.25) is 19.5 Å². The molecule has 1 atom stereocenters. The molecule has 0 radical (unpaired) electrons. The Labute approximate surface area is 149 Å². The fourth-order valence-corrected chi connectivity index (χ4v) is 3.44. The number of piperazine rings is 1. The second kappa shape index (κ2) is 7.61. The van der Waals surface area contributed by atoms with E-state index in [2.05, 4.69) is 4.98 Å². The Morgan fingerprint density at radius 1 is 1.23 bits per heavy atom. The maximum absolute atomic E-state index is 12.6. The molecule has 6 nitrogen and oxygen atoms in total. The van der Waals surface area contributed by atoms with Gasteiger partial charge in [-0.1, -0.05) is 6.07 Å². The number of pyridine rings is 1. The van der Waals surface area contributed by atoms with Crippen molar-refractivity contribution in [3.05, 3.63) is 30.1 Å². The quantitative estimate of drug-likeness (QED) is 0.798. The lowest BCUT2D eigenvalue weighted by atomic mass is 10.1. The van der Waals surface area contributed by atoms with Crippen LogP contribution in [-0.2, 0) is 16.1 Å². The number of hydrogen-bond acceptors (Lipinski definition) is 4. The Balaban J connectivity index is 1.51. The summed E-state index contributed by atoms with van der Waals surface area (Å²) in [6, 6.07) is 3.66. The maximum Gasteiger partial charge on any atom is 0.401 e. The van der Waals surface area contributed by atoms with Gasteiger partial charge in [0.25, 0.3) is 0 Å². The molecule has 0 N–H and O–H groups in total. The van der Waals surface area contributed by atoms with Crippen molar-refractivity contribution in [2.75, 3.05) is 39.3 Å². The van der Waals surface area contributed by atoms with Crippen LogP contribution in [-0.4, -0.2) is 76.9 Å². The molecular formula is C17H21F3N4O2. The van der Waals surface area contributed by atoms with Crippen LogP contribution in [0.1, 0.15) is 12.0 Å². The summed E-state index contributed by atoms with van der Waals surface area (Å²) in [5, 5.41) is 0. The molecule has 0 saturated carbocycles. The van der Waals surface area contributed by atoms with Crippen molar-refractivity contribution in [1.82, 2.24) is 19.7 Å². The summed E-state index contributed by atoms with van der Waals surface area (Å²) in [5.41, 5.74) is 0.898. The smallest absolute Gasteiger partial charge is 0.340 e. The van der Waals surface area contributed by atoms with Crippen molar-refractivity contribution in [3.63, 3.8) is 0 Å². The van der Waals surface area contributed by atoms with E-state index in [4.69, 9.17) is 0 Å². The molecule has 2 aliphatic heterocycles. The van der Waals surface area contributed by atoms with Gasteiger partial charge in [-0.05, 0) is 11.6 Å². The van der Waals surface area contributed by atoms with E-state index in [0.717, 1.165) is 5.56 Å². The average Bonchev–Trinajstić information content (AvgIpc) is 2.95. The highest BCUT2D eigenvalue weighted by atomic mass is 19.4. The Kier molecular flexibility index (Phi) is 5.45. The molecule has 0 spiro atoms. The monoisotopic (exact) mass is 370 g/mol. The number of rotatable bonds is 4. The lowest BCUT2D eigenvalue weighted by Crippen LogP contribution is -2.52. The summed E-state index contributed by atoms with van der Waals surface area (Å²) in [6.45, 7) is 0.738. The first-order valence-corrected chi connectivity index (χ1v) is 8.56. The molecule has 2 amide bonds. The van der Waals surface area contributed by atoms with E-state index in [9.17, 15) is 22.8 Å². The van der Waals surface area contributed by atoms with E-state index in [0.29, 0.717) is 13.1 Å². The highest BCUT2D eigenvalue weighted by Crippen LogP contribution is 2.23. The number of hydrogen-bond donors (Lipinski definition) is 0. The summed E-state index contributed by atoms with van der Waals surface area (Å²) < 4.78 is 37.3. The van der Waals surface area contributed by atoms with Crippen LogP contribution in [0.5, 0.6) is 0 Å². The molecule has 142 valence electrons. The van der Waals surface area contributed by atoms with Gasteiger partial charge in [0, 0.05) is 58.1 Å². The van der Waals surface area contributed by atoms with E-state index >= 15 is 0 Å². The van der Waals surface area contributed by atoms with Crippen LogP contribution in [0.25, 0.3) is 0 Å². The van der Waals surface area contributed by atoms with Gasteiger partial charge in [0.05, 0.1) is 12.5 Å². The van der Waals surface area contributed by atoms with Crippen LogP contribution in [0.15, 0.2) is 24.5 Å². The normalized spacial score (nSPS) is 22.1. The molecule has 1 aromatic heterocycles. The van der Waals surface area contributed by atoms with Gasteiger partial charge in [-0.25, -0.2) is 0 Å². The third-order valence-electron chi connectivity index (χ3n) is 4.75. The van der Waals surface area contributed by atoms with Crippen molar-refractivity contribution >= 4 is 11.8 Å². The Hall–Kier alpha value is -2.16. The van der Waals surface area contributed by atoms with Gasteiger partial charge < -0.3 is 9.80 Å². The molecule has 0 unspecified atom stereocenters. The molecular weight excluding hydrogens is 349 g/mol. The minimum Gasteiger partial charge on any atom is -0.340 e. The first kappa shape index (κ1) is 18.6. The molecule has 1 aromatic rings. The summed E-state index contributed by atoms with van der Waals surface area (Å²) in [4.78, 5) is 33.4. The lowest BCUT2D eigenvalue weighted by molar-refractivity contribution is -0.152. The Morgan fingerprint density at radius 2 is 1.96 bits per heavy atom. The lowest BCUT2D eigenvalue weighted by Gasteiger charge is -2.36. The number of halogens is 3. The summed E-state index contributed by atoms with van der Waals surface area (Å²) in [7, 11) is 0. The van der Waals surface area contributed by atoms with E-state index in [1.807, 2.05) is 6.07 Å². The van der Waals surface area contributed by atoms with Gasteiger partial charge in [0.2, 0.25) is 11.8 Å². The van der Waals surface area contributed by atoms with E-state index in [-0.39, 0.29) is 44.4 Å². The van der Waals surface area contributed by atoms with Gasteiger partial charge in [0.1, 0.15) is 0 Å². The number of likely N-dealkylation sites (tertiary alicyclic amines) is 1. The molecule has 0 aliphatic carbocycles. The van der Waals surface area contributed by atoms with Crippen molar-refractivity contribution in [2.45, 2.75) is 19.1 Å². The zero-order chi connectivity index (χ0) is 18.7. The zero-order valence-electron chi connectivity index (χ0n) is 14.3. The highest BCUT2D eigenvalue weighted by Gasteiger charge is 2.38. The second-order valence-electron chi connectivity index (χ2n) is 6.75. The molecule has 9 heteroatoms. The largest absolute Gasteiger partial charge is 0.401 e. The van der Waals surface area contributed by atoms with Crippen LogP contribution in [0, 0.1) is 5.92 Å². The van der Waals surface area contributed by atoms with Crippen LogP contribution in [0.3, 0.4) is 0 Å². The predicted octanol–water partition coefficient (Wildman–Crippen LogP) is 1.14. The van der Waals surface area contributed by atoms with E-state index in [1.165, 1.54) is 4.90 Å². The van der Waals surface area contributed by atoms with Crippen LogP contribution in [0.2, 0.25) is 0 Å². The van der Waals surface area contributed by atoms with Crippen molar-refractivity contribution in [3.8, 4) is 0 Å². The number of amides is 2. The molecule has 26 heavy (non-hydrogen) atoms. The second-order valence-corrected chi connectivity index (χ2v) is 6.75. The van der Waals surface area contributed by atoms with E-state index < -0.39 is 18.6 Å². The number of alkyl halides is 3. The molecule has 2 fully saturated rings. The van der Waals surface area contributed by atoms with Crippen molar-refractivity contribution in [1.29, 1.82) is 0 Å². The minimum absolute atomic E-state index is 0.0806. The van der Waals surface area contributed by atoms with Gasteiger partial charge in [0.15, 0.2) is 0 Å². The molecule has 2 saturated heterocycles. The molecule has 0 bridgehead atoms. The Morgan fingerprint density at radius 3 is 2.58 bits per heavy atom. The first-order chi connectivity index (χ1) is 12.3. The maximum atomic E-state index is 12.6. The van der Waals surface area contributed by atoms with Crippen LogP contribution in [0.4, 0.5) is 13.2 Å². The van der Waals surface area contributed by atoms with Gasteiger partial charge in [-0.2, -0.15) is 13.2 Å². The van der Waals surface area contributed by atoms with Gasteiger partial charge in [-0.15, -0.1) is 0 Å². The number of carbonyl (C=O) groups excluding carboxylic acids is 2.